The lowest BCUT2D eigenvalue weighted by Crippen LogP contribution is -2.34. The molecule has 5 heteroatoms. The van der Waals surface area contributed by atoms with E-state index in [1.54, 1.807) is 12.0 Å². The molecule has 0 aliphatic rings. The average Bonchev–Trinajstić information content (AvgIpc) is 2.47. The van der Waals surface area contributed by atoms with Crippen molar-refractivity contribution >= 4 is 5.91 Å². The first-order valence-corrected chi connectivity index (χ1v) is 6.88. The van der Waals surface area contributed by atoms with Crippen LogP contribution in [0.1, 0.15) is 19.4 Å². The summed E-state index contributed by atoms with van der Waals surface area (Å²) >= 11 is 0. The van der Waals surface area contributed by atoms with Gasteiger partial charge in [0.1, 0.15) is 0 Å². The van der Waals surface area contributed by atoms with E-state index in [4.69, 9.17) is 9.47 Å². The SMILES string of the molecule is CCN(CC)C(=O)COc1ccc(CNC)cc1OC. The highest BCUT2D eigenvalue weighted by Gasteiger charge is 2.12. The second-order valence-corrected chi connectivity index (χ2v) is 4.37. The van der Waals surface area contributed by atoms with Crippen LogP contribution in [0.3, 0.4) is 0 Å². The maximum absolute atomic E-state index is 11.9. The molecule has 0 spiro atoms. The second-order valence-electron chi connectivity index (χ2n) is 4.37. The van der Waals surface area contributed by atoms with Gasteiger partial charge in [-0.2, -0.15) is 0 Å². The molecule has 112 valence electrons. The number of hydrogen-bond acceptors (Lipinski definition) is 4. The van der Waals surface area contributed by atoms with Gasteiger partial charge in [-0.1, -0.05) is 6.07 Å². The van der Waals surface area contributed by atoms with E-state index in [0.29, 0.717) is 24.6 Å². The zero-order chi connectivity index (χ0) is 15.0. The topological polar surface area (TPSA) is 50.8 Å². The van der Waals surface area contributed by atoms with Crippen LogP contribution in [-0.4, -0.2) is 44.7 Å². The van der Waals surface area contributed by atoms with Crippen molar-refractivity contribution in [1.82, 2.24) is 10.2 Å². The van der Waals surface area contributed by atoms with Crippen LogP contribution in [0.5, 0.6) is 11.5 Å². The fourth-order valence-electron chi connectivity index (χ4n) is 1.95. The summed E-state index contributed by atoms with van der Waals surface area (Å²) in [6.45, 7) is 6.08. The molecule has 20 heavy (non-hydrogen) atoms. The average molecular weight is 280 g/mol. The van der Waals surface area contributed by atoms with E-state index in [2.05, 4.69) is 5.32 Å². The number of rotatable bonds is 8. The standard InChI is InChI=1S/C15H24N2O3/c1-5-17(6-2)15(18)11-20-13-8-7-12(10-16-3)9-14(13)19-4/h7-9,16H,5-6,10-11H2,1-4H3. The number of carbonyl (C=O) groups excluding carboxylic acids is 1. The van der Waals surface area contributed by atoms with Crippen LogP contribution in [0.15, 0.2) is 18.2 Å². The first kappa shape index (κ1) is 16.3. The number of hydrogen-bond donors (Lipinski definition) is 1. The van der Waals surface area contributed by atoms with Crippen LogP contribution in [0.4, 0.5) is 0 Å². The molecular weight excluding hydrogens is 256 g/mol. The van der Waals surface area contributed by atoms with Gasteiger partial charge < -0.3 is 19.7 Å². The molecule has 0 atom stereocenters. The Morgan fingerprint density at radius 2 is 1.95 bits per heavy atom. The molecule has 0 aliphatic carbocycles. The van der Waals surface area contributed by atoms with Gasteiger partial charge in [-0.25, -0.2) is 0 Å². The van der Waals surface area contributed by atoms with E-state index in [1.165, 1.54) is 0 Å². The molecule has 0 fully saturated rings. The van der Waals surface area contributed by atoms with E-state index >= 15 is 0 Å². The van der Waals surface area contributed by atoms with E-state index < -0.39 is 0 Å². The molecule has 0 heterocycles. The van der Waals surface area contributed by atoms with E-state index in [1.807, 2.05) is 39.1 Å². The Bertz CT molecular complexity index is 431. The van der Waals surface area contributed by atoms with Crippen LogP contribution >= 0.6 is 0 Å². The van der Waals surface area contributed by atoms with Gasteiger partial charge in [-0.05, 0) is 38.6 Å². The summed E-state index contributed by atoms with van der Waals surface area (Å²) in [5, 5.41) is 3.08. The van der Waals surface area contributed by atoms with Crippen molar-refractivity contribution in [1.29, 1.82) is 0 Å². The summed E-state index contributed by atoms with van der Waals surface area (Å²) in [6.07, 6.45) is 0. The second kappa shape index (κ2) is 8.43. The first-order valence-electron chi connectivity index (χ1n) is 6.88. The molecule has 1 rings (SSSR count). The number of carbonyl (C=O) groups is 1. The smallest absolute Gasteiger partial charge is 0.260 e. The summed E-state index contributed by atoms with van der Waals surface area (Å²) in [6, 6.07) is 5.70. The number of amides is 1. The van der Waals surface area contributed by atoms with Crippen LogP contribution in [0.2, 0.25) is 0 Å². The molecule has 1 N–H and O–H groups in total. The maximum atomic E-state index is 11.9. The minimum absolute atomic E-state index is 0.0173. The van der Waals surface area contributed by atoms with Gasteiger partial charge >= 0.3 is 0 Å². The van der Waals surface area contributed by atoms with Crippen LogP contribution in [-0.2, 0) is 11.3 Å². The molecule has 0 bridgehead atoms. The number of ether oxygens (including phenoxy) is 2. The lowest BCUT2D eigenvalue weighted by molar-refractivity contribution is -0.132. The Kier molecular flexibility index (Phi) is 6.87. The summed E-state index contributed by atoms with van der Waals surface area (Å²) in [7, 11) is 3.48. The molecule has 1 amide bonds. The Hall–Kier alpha value is -1.75. The Morgan fingerprint density at radius 3 is 2.50 bits per heavy atom. The summed E-state index contributed by atoms with van der Waals surface area (Å²) < 4.78 is 10.9. The minimum Gasteiger partial charge on any atom is -0.493 e. The van der Waals surface area contributed by atoms with Crippen LogP contribution in [0, 0.1) is 0 Å². The molecule has 0 aliphatic heterocycles. The molecule has 0 saturated carbocycles. The zero-order valence-electron chi connectivity index (χ0n) is 12.7. The zero-order valence-corrected chi connectivity index (χ0v) is 12.7. The highest BCUT2D eigenvalue weighted by molar-refractivity contribution is 5.77. The van der Waals surface area contributed by atoms with Gasteiger partial charge in [-0.15, -0.1) is 0 Å². The normalized spacial score (nSPS) is 10.2. The molecule has 1 aromatic rings. The van der Waals surface area contributed by atoms with Crippen molar-refractivity contribution in [3.63, 3.8) is 0 Å². The van der Waals surface area contributed by atoms with Crippen LogP contribution in [0.25, 0.3) is 0 Å². The monoisotopic (exact) mass is 280 g/mol. The number of methoxy groups -OCH3 is 1. The number of nitrogens with zero attached hydrogens (tertiary/aromatic N) is 1. The van der Waals surface area contributed by atoms with Gasteiger partial charge in [0.15, 0.2) is 18.1 Å². The largest absolute Gasteiger partial charge is 0.493 e. The predicted octanol–water partition coefficient (Wildman–Crippen LogP) is 1.66. The molecule has 1 aromatic carbocycles. The van der Waals surface area contributed by atoms with Gasteiger partial charge in [-0.3, -0.25) is 4.79 Å². The van der Waals surface area contributed by atoms with Gasteiger partial charge in [0.05, 0.1) is 7.11 Å². The Labute approximate surface area is 120 Å². The predicted molar refractivity (Wildman–Crippen MR) is 79.2 cm³/mol. The first-order chi connectivity index (χ1) is 9.65. The Balaban J connectivity index is 2.70. The third-order valence-electron chi connectivity index (χ3n) is 3.08. The fraction of sp³-hybridized carbons (Fsp3) is 0.533. The fourth-order valence-corrected chi connectivity index (χ4v) is 1.95. The van der Waals surface area contributed by atoms with Crippen LogP contribution < -0.4 is 14.8 Å². The number of benzene rings is 1. The number of likely N-dealkylation sites (N-methyl/N-ethyl adjacent to an activating group) is 1. The lowest BCUT2D eigenvalue weighted by Gasteiger charge is -2.19. The van der Waals surface area contributed by atoms with Gasteiger partial charge in [0, 0.05) is 19.6 Å². The van der Waals surface area contributed by atoms with Crippen molar-refractivity contribution in [3.05, 3.63) is 23.8 Å². The summed E-state index contributed by atoms with van der Waals surface area (Å²) in [4.78, 5) is 13.6. The van der Waals surface area contributed by atoms with Crippen molar-refractivity contribution in [2.24, 2.45) is 0 Å². The minimum atomic E-state index is -0.0173. The third kappa shape index (κ3) is 4.42. The van der Waals surface area contributed by atoms with Crippen molar-refractivity contribution in [2.75, 3.05) is 33.9 Å². The van der Waals surface area contributed by atoms with Crippen molar-refractivity contribution in [3.8, 4) is 11.5 Å². The lowest BCUT2D eigenvalue weighted by atomic mass is 10.2. The van der Waals surface area contributed by atoms with Gasteiger partial charge in [0.25, 0.3) is 5.91 Å². The summed E-state index contributed by atoms with van der Waals surface area (Å²) in [5.74, 6) is 1.22. The highest BCUT2D eigenvalue weighted by Crippen LogP contribution is 2.28. The molecule has 0 unspecified atom stereocenters. The maximum Gasteiger partial charge on any atom is 0.260 e. The summed E-state index contributed by atoms with van der Waals surface area (Å²) in [5.41, 5.74) is 1.10. The van der Waals surface area contributed by atoms with E-state index in [9.17, 15) is 4.79 Å². The number of nitrogens with one attached hydrogen (secondary N) is 1. The molecular formula is C15H24N2O3. The molecule has 0 radical (unpaired) electrons. The molecule has 0 saturated heterocycles. The third-order valence-corrected chi connectivity index (χ3v) is 3.08. The molecule has 5 nitrogen and oxygen atoms in total. The van der Waals surface area contributed by atoms with E-state index in [0.717, 1.165) is 12.1 Å². The molecule has 0 aromatic heterocycles. The van der Waals surface area contributed by atoms with Crippen molar-refractivity contribution in [2.45, 2.75) is 20.4 Å². The quantitative estimate of drug-likeness (QED) is 0.787. The van der Waals surface area contributed by atoms with Crippen molar-refractivity contribution < 1.29 is 14.3 Å². The highest BCUT2D eigenvalue weighted by atomic mass is 16.5. The van der Waals surface area contributed by atoms with E-state index in [-0.39, 0.29) is 12.5 Å². The Morgan fingerprint density at radius 1 is 1.25 bits per heavy atom. The van der Waals surface area contributed by atoms with Gasteiger partial charge in [0.2, 0.25) is 0 Å².